The Kier molecular flexibility index (Phi) is 5.84. The number of alkyl halides is 3. The summed E-state index contributed by atoms with van der Waals surface area (Å²) in [4.78, 5) is 7.80. The van der Waals surface area contributed by atoms with Crippen LogP contribution in [-0.2, 0) is 12.7 Å². The molecule has 0 aliphatic carbocycles. The topological polar surface area (TPSA) is 90.3 Å². The Morgan fingerprint density at radius 1 is 1.06 bits per heavy atom. The molecule has 162 valence electrons. The molecule has 7 nitrogen and oxygen atoms in total. The fourth-order valence-corrected chi connectivity index (χ4v) is 2.99. The number of benzene rings is 2. The molecule has 0 fully saturated rings. The Labute approximate surface area is 180 Å². The van der Waals surface area contributed by atoms with Crippen molar-refractivity contribution in [2.75, 3.05) is 5.32 Å². The van der Waals surface area contributed by atoms with E-state index in [1.54, 1.807) is 12.4 Å². The van der Waals surface area contributed by atoms with Gasteiger partial charge in [0.1, 0.15) is 0 Å². The lowest BCUT2D eigenvalue weighted by Gasteiger charge is -2.14. The lowest BCUT2D eigenvalue weighted by molar-refractivity contribution is -0.754. The van der Waals surface area contributed by atoms with Crippen LogP contribution in [0.25, 0.3) is 11.1 Å². The van der Waals surface area contributed by atoms with Crippen molar-refractivity contribution in [3.8, 4) is 11.1 Å². The molecule has 1 N–H and O–H groups in total. The third-order valence-electron chi connectivity index (χ3n) is 4.42. The number of pyridine rings is 1. The van der Waals surface area contributed by atoms with E-state index in [9.17, 15) is 18.3 Å². The number of aromatic nitrogens is 3. The van der Waals surface area contributed by atoms with Gasteiger partial charge in [-0.2, -0.15) is 13.2 Å². The van der Waals surface area contributed by atoms with E-state index in [0.717, 1.165) is 28.8 Å². The highest BCUT2D eigenvalue weighted by molar-refractivity contribution is 5.87. The van der Waals surface area contributed by atoms with Crippen molar-refractivity contribution in [3.05, 3.63) is 90.4 Å². The summed E-state index contributed by atoms with van der Waals surface area (Å²) in [5, 5.41) is 18.2. The monoisotopic (exact) mass is 439 g/mol. The number of nitrogens with zero attached hydrogens (tertiary/aromatic N) is 4. The molecular formula is C22H16F3N5O2. The quantitative estimate of drug-likeness (QED) is 0.292. The molecule has 0 unspecified atom stereocenters. The fraction of sp³-hybridized carbons (Fsp3) is 0.0909. The number of halogens is 3. The van der Waals surface area contributed by atoms with Gasteiger partial charge in [-0.1, -0.05) is 30.3 Å². The first-order valence-corrected chi connectivity index (χ1v) is 9.42. The first-order valence-electron chi connectivity index (χ1n) is 9.42. The van der Waals surface area contributed by atoms with Gasteiger partial charge in [0.05, 0.1) is 11.6 Å². The van der Waals surface area contributed by atoms with Crippen LogP contribution in [0, 0.1) is 0 Å². The van der Waals surface area contributed by atoms with Crippen LogP contribution in [0.1, 0.15) is 11.1 Å². The molecular weight excluding hydrogens is 423 g/mol. The number of hydrogen-bond donors (Lipinski definition) is 1. The van der Waals surface area contributed by atoms with Crippen molar-refractivity contribution in [3.63, 3.8) is 0 Å². The molecule has 0 amide bonds. The van der Waals surface area contributed by atoms with E-state index in [2.05, 4.69) is 20.6 Å². The Morgan fingerprint density at radius 3 is 2.66 bits per heavy atom. The molecule has 4 rings (SSSR count). The fourth-order valence-electron chi connectivity index (χ4n) is 2.99. The number of nitrogens with one attached hydrogen (secondary N) is 1. The zero-order valence-corrected chi connectivity index (χ0v) is 16.5. The van der Waals surface area contributed by atoms with Gasteiger partial charge in [0.2, 0.25) is 11.8 Å². The van der Waals surface area contributed by atoms with E-state index >= 15 is 0 Å². The molecule has 0 saturated heterocycles. The third kappa shape index (κ3) is 5.28. The molecule has 32 heavy (non-hydrogen) atoms. The van der Waals surface area contributed by atoms with E-state index in [0.29, 0.717) is 6.54 Å². The van der Waals surface area contributed by atoms with Crippen molar-refractivity contribution in [1.29, 1.82) is 0 Å². The lowest BCUT2D eigenvalue weighted by atomic mass is 10.0. The molecule has 0 aliphatic heterocycles. The summed E-state index contributed by atoms with van der Waals surface area (Å²) in [7, 11) is 0. The van der Waals surface area contributed by atoms with Crippen LogP contribution >= 0.6 is 0 Å². The van der Waals surface area contributed by atoms with Crippen LogP contribution in [0.5, 0.6) is 0 Å². The summed E-state index contributed by atoms with van der Waals surface area (Å²) in [6.07, 6.45) is 0.375. The molecule has 2 heterocycles. The van der Waals surface area contributed by atoms with E-state index < -0.39 is 17.8 Å². The maximum absolute atomic E-state index is 12.8. The maximum Gasteiger partial charge on any atom is 0.416 e. The Bertz CT molecular complexity index is 1240. The van der Waals surface area contributed by atoms with Crippen LogP contribution in [0.15, 0.2) is 88.8 Å². The summed E-state index contributed by atoms with van der Waals surface area (Å²) < 4.78 is 44.9. The number of aliphatic imine (C=N–C) groups is 1. The first-order chi connectivity index (χ1) is 15.4. The van der Waals surface area contributed by atoms with Crippen molar-refractivity contribution in [2.24, 2.45) is 4.99 Å². The minimum absolute atomic E-state index is 0.0341. The van der Waals surface area contributed by atoms with E-state index in [-0.39, 0.29) is 11.6 Å². The van der Waals surface area contributed by atoms with Gasteiger partial charge in [-0.3, -0.25) is 9.51 Å². The van der Waals surface area contributed by atoms with Crippen molar-refractivity contribution in [2.45, 2.75) is 12.7 Å². The van der Waals surface area contributed by atoms with Crippen LogP contribution in [0.2, 0.25) is 0 Å². The first kappa shape index (κ1) is 21.0. The SMILES string of the molecule is [O-]C(=Nc1c[n+](Cc2cccc(-c3cccnc3)c2)no1)Nc1cccc(C(F)(F)F)c1. The van der Waals surface area contributed by atoms with Gasteiger partial charge < -0.3 is 10.4 Å². The van der Waals surface area contributed by atoms with E-state index in [1.807, 2.05) is 36.4 Å². The van der Waals surface area contributed by atoms with Gasteiger partial charge in [0.25, 0.3) is 6.20 Å². The second-order valence-corrected chi connectivity index (χ2v) is 6.80. The highest BCUT2D eigenvalue weighted by Gasteiger charge is 2.30. The Hall–Kier alpha value is -4.21. The van der Waals surface area contributed by atoms with Crippen molar-refractivity contribution >= 4 is 17.6 Å². The van der Waals surface area contributed by atoms with E-state index in [1.165, 1.54) is 23.0 Å². The highest BCUT2D eigenvalue weighted by atomic mass is 19.4. The van der Waals surface area contributed by atoms with Gasteiger partial charge in [-0.25, -0.2) is 4.99 Å². The van der Waals surface area contributed by atoms with Gasteiger partial charge in [-0.05, 0) is 40.6 Å². The highest BCUT2D eigenvalue weighted by Crippen LogP contribution is 2.30. The summed E-state index contributed by atoms with van der Waals surface area (Å²) >= 11 is 0. The molecule has 0 atom stereocenters. The Morgan fingerprint density at radius 2 is 1.88 bits per heavy atom. The van der Waals surface area contributed by atoms with Crippen LogP contribution in [0.3, 0.4) is 0 Å². The Balaban J connectivity index is 1.45. The third-order valence-corrected chi connectivity index (χ3v) is 4.42. The molecule has 0 spiro atoms. The van der Waals surface area contributed by atoms with Crippen molar-refractivity contribution < 1.29 is 27.5 Å². The molecule has 2 aromatic heterocycles. The van der Waals surface area contributed by atoms with Crippen LogP contribution < -0.4 is 15.1 Å². The van der Waals surface area contributed by atoms with Gasteiger partial charge in [0, 0.05) is 29.2 Å². The number of amidine groups is 1. The maximum atomic E-state index is 12.8. The predicted molar refractivity (Wildman–Crippen MR) is 108 cm³/mol. The molecule has 2 aromatic carbocycles. The molecule has 0 bridgehead atoms. The molecule has 0 radical (unpaired) electrons. The van der Waals surface area contributed by atoms with Crippen LogP contribution in [-0.4, -0.2) is 16.3 Å². The van der Waals surface area contributed by atoms with Gasteiger partial charge in [-0.15, -0.1) is 0 Å². The van der Waals surface area contributed by atoms with E-state index in [4.69, 9.17) is 4.52 Å². The zero-order valence-electron chi connectivity index (χ0n) is 16.5. The molecule has 10 heteroatoms. The zero-order chi connectivity index (χ0) is 22.6. The minimum atomic E-state index is -4.51. The van der Waals surface area contributed by atoms with Crippen LogP contribution in [0.4, 0.5) is 24.7 Å². The summed E-state index contributed by atoms with van der Waals surface area (Å²) in [6.45, 7) is 0.363. The average Bonchev–Trinajstić information content (AvgIpc) is 3.20. The molecule has 4 aromatic rings. The number of hydrogen-bond acceptors (Lipinski definition) is 5. The van der Waals surface area contributed by atoms with Gasteiger partial charge >= 0.3 is 12.1 Å². The number of anilines is 1. The smallest absolute Gasteiger partial charge is 0.416 e. The minimum Gasteiger partial charge on any atom is -0.846 e. The lowest BCUT2D eigenvalue weighted by Crippen LogP contribution is -2.35. The standard InChI is InChI=1S/C22H16F3N5O2/c23-22(24,25)18-7-2-8-19(11-18)27-21(31)28-20-14-30(29-32-20)13-15-4-1-5-16(10-15)17-6-3-9-26-12-17/h1-12,14H,13H2,(H-,27,28,29,31). The van der Waals surface area contributed by atoms with Gasteiger partial charge in [0.15, 0.2) is 0 Å². The molecule has 0 saturated carbocycles. The molecule has 0 aliphatic rings. The number of rotatable bonds is 5. The summed E-state index contributed by atoms with van der Waals surface area (Å²) in [5.74, 6) is -0.0853. The average molecular weight is 439 g/mol. The largest absolute Gasteiger partial charge is 0.846 e. The summed E-state index contributed by atoms with van der Waals surface area (Å²) in [6, 6.07) is 15.0. The second kappa shape index (κ2) is 8.88. The normalized spacial score (nSPS) is 12.0. The van der Waals surface area contributed by atoms with Crippen molar-refractivity contribution in [1.82, 2.24) is 10.3 Å². The summed E-state index contributed by atoms with van der Waals surface area (Å²) in [5.41, 5.74) is 1.99. The predicted octanol–water partition coefficient (Wildman–Crippen LogP) is 3.55. The second-order valence-electron chi connectivity index (χ2n) is 6.80.